The molecule has 4 rings (SSSR count). The summed E-state index contributed by atoms with van der Waals surface area (Å²) < 4.78 is 0. The van der Waals surface area contributed by atoms with Crippen LogP contribution in [0.1, 0.15) is 48.8 Å². The van der Waals surface area contributed by atoms with Gasteiger partial charge in [-0.05, 0) is 51.5 Å². The van der Waals surface area contributed by atoms with E-state index >= 15 is 0 Å². The van der Waals surface area contributed by atoms with Crippen LogP contribution in [0.5, 0.6) is 0 Å². The molecule has 2 aromatic heterocycles. The second kappa shape index (κ2) is 4.55. The molecule has 2 aromatic rings. The highest BCUT2D eigenvalue weighted by Crippen LogP contribution is 2.40. The number of pyridine rings is 1. The SMILES string of the molecule is Cc1nc2nccc(C(=O)N(C3CC3)C(C)C3CC3)c2[nH]1. The van der Waals surface area contributed by atoms with Crippen molar-refractivity contribution >= 4 is 17.1 Å². The fourth-order valence-corrected chi connectivity index (χ4v) is 3.19. The van der Waals surface area contributed by atoms with Crippen LogP contribution < -0.4 is 0 Å². The van der Waals surface area contributed by atoms with Crippen molar-refractivity contribution < 1.29 is 4.79 Å². The van der Waals surface area contributed by atoms with Gasteiger partial charge in [0.1, 0.15) is 5.82 Å². The summed E-state index contributed by atoms with van der Waals surface area (Å²) in [5.41, 5.74) is 2.11. The third-order valence-corrected chi connectivity index (χ3v) is 4.66. The lowest BCUT2D eigenvalue weighted by Gasteiger charge is -2.29. The average Bonchev–Trinajstić information content (AvgIpc) is 3.33. The Morgan fingerprint density at radius 3 is 2.81 bits per heavy atom. The summed E-state index contributed by atoms with van der Waals surface area (Å²) in [4.78, 5) is 26.9. The van der Waals surface area contributed by atoms with Crippen LogP contribution in [-0.2, 0) is 0 Å². The van der Waals surface area contributed by atoms with Gasteiger partial charge in [-0.25, -0.2) is 9.97 Å². The van der Waals surface area contributed by atoms with Crippen molar-refractivity contribution in [3.05, 3.63) is 23.7 Å². The molecule has 2 heterocycles. The van der Waals surface area contributed by atoms with Crippen molar-refractivity contribution in [2.24, 2.45) is 5.92 Å². The first-order valence-electron chi connectivity index (χ1n) is 7.79. The number of H-pyrrole nitrogens is 1. The summed E-state index contributed by atoms with van der Waals surface area (Å²) in [6.07, 6.45) is 6.47. The number of nitrogens with one attached hydrogen (secondary N) is 1. The maximum absolute atomic E-state index is 13.1. The van der Waals surface area contributed by atoms with Gasteiger partial charge in [0.25, 0.3) is 5.91 Å². The van der Waals surface area contributed by atoms with Crippen molar-refractivity contribution in [2.75, 3.05) is 0 Å². The fourth-order valence-electron chi connectivity index (χ4n) is 3.19. The van der Waals surface area contributed by atoms with Crippen molar-refractivity contribution in [1.82, 2.24) is 19.9 Å². The van der Waals surface area contributed by atoms with Gasteiger partial charge < -0.3 is 9.88 Å². The molecule has 0 aromatic carbocycles. The van der Waals surface area contributed by atoms with Crippen LogP contribution >= 0.6 is 0 Å². The van der Waals surface area contributed by atoms with Gasteiger partial charge in [-0.3, -0.25) is 4.79 Å². The highest BCUT2D eigenvalue weighted by molar-refractivity contribution is 6.04. The molecule has 2 saturated carbocycles. The quantitative estimate of drug-likeness (QED) is 0.939. The van der Waals surface area contributed by atoms with Crippen molar-refractivity contribution in [3.63, 3.8) is 0 Å². The molecule has 1 amide bonds. The van der Waals surface area contributed by atoms with Crippen molar-refractivity contribution in [2.45, 2.75) is 51.6 Å². The number of amides is 1. The largest absolute Gasteiger partial charge is 0.340 e. The number of aromatic nitrogens is 3. The highest BCUT2D eigenvalue weighted by Gasteiger charge is 2.42. The molecule has 1 atom stereocenters. The molecule has 0 saturated heterocycles. The predicted octanol–water partition coefficient (Wildman–Crippen LogP) is 2.67. The Hall–Kier alpha value is -1.91. The summed E-state index contributed by atoms with van der Waals surface area (Å²) in [6.45, 7) is 4.09. The van der Waals surface area contributed by atoms with E-state index in [4.69, 9.17) is 0 Å². The van der Waals surface area contributed by atoms with Crippen LogP contribution in [0.25, 0.3) is 11.2 Å². The zero-order chi connectivity index (χ0) is 14.6. The summed E-state index contributed by atoms with van der Waals surface area (Å²) in [6, 6.07) is 2.59. The summed E-state index contributed by atoms with van der Waals surface area (Å²) in [7, 11) is 0. The molecule has 1 N–H and O–H groups in total. The first-order chi connectivity index (χ1) is 10.1. The normalized spacial score (nSPS) is 19.7. The molecular formula is C16H20N4O. The number of hydrogen-bond acceptors (Lipinski definition) is 3. The summed E-state index contributed by atoms with van der Waals surface area (Å²) in [5, 5.41) is 0. The molecule has 1 unspecified atom stereocenters. The number of imidazole rings is 1. The molecule has 2 fully saturated rings. The van der Waals surface area contributed by atoms with Crippen LogP contribution in [0.4, 0.5) is 0 Å². The van der Waals surface area contributed by atoms with E-state index in [0.717, 1.165) is 24.2 Å². The predicted molar refractivity (Wildman–Crippen MR) is 80.0 cm³/mol. The number of fused-ring (bicyclic) bond motifs is 1. The molecular weight excluding hydrogens is 264 g/mol. The average molecular weight is 284 g/mol. The number of rotatable bonds is 4. The Bertz CT molecular complexity index is 699. The standard InChI is InChI=1S/C16H20N4O/c1-9(11-3-4-11)20(12-5-6-12)16(21)13-7-8-17-15-14(13)18-10(2)19-15/h7-9,11-12H,3-6H2,1-2H3,(H,17,18,19). The zero-order valence-electron chi connectivity index (χ0n) is 12.5. The summed E-state index contributed by atoms with van der Waals surface area (Å²) in [5.74, 6) is 1.62. The van der Waals surface area contributed by atoms with Gasteiger partial charge in [-0.1, -0.05) is 0 Å². The van der Waals surface area contributed by atoms with E-state index in [2.05, 4.69) is 26.8 Å². The first-order valence-corrected chi connectivity index (χ1v) is 7.79. The molecule has 0 spiro atoms. The van der Waals surface area contributed by atoms with E-state index in [1.165, 1.54) is 12.8 Å². The molecule has 0 bridgehead atoms. The van der Waals surface area contributed by atoms with Gasteiger partial charge in [0.15, 0.2) is 5.65 Å². The van der Waals surface area contributed by atoms with Crippen LogP contribution in [0.15, 0.2) is 12.3 Å². The molecule has 5 nitrogen and oxygen atoms in total. The maximum atomic E-state index is 13.1. The molecule has 2 aliphatic rings. The van der Waals surface area contributed by atoms with Crippen LogP contribution in [0.2, 0.25) is 0 Å². The lowest BCUT2D eigenvalue weighted by molar-refractivity contribution is 0.0656. The third kappa shape index (κ3) is 2.20. The molecule has 0 aliphatic heterocycles. The van der Waals surface area contributed by atoms with Gasteiger partial charge in [0.2, 0.25) is 0 Å². The monoisotopic (exact) mass is 284 g/mol. The van der Waals surface area contributed by atoms with Crippen molar-refractivity contribution in [1.29, 1.82) is 0 Å². The van der Waals surface area contributed by atoms with Gasteiger partial charge in [0.05, 0.1) is 11.1 Å². The first kappa shape index (κ1) is 12.8. The van der Waals surface area contributed by atoms with Gasteiger partial charge in [0, 0.05) is 18.3 Å². The molecule has 5 heteroatoms. The Labute approximate surface area is 123 Å². The number of aromatic amines is 1. The Morgan fingerprint density at radius 2 is 2.14 bits per heavy atom. The Kier molecular flexibility index (Phi) is 2.77. The number of hydrogen-bond donors (Lipinski definition) is 1. The second-order valence-corrected chi connectivity index (χ2v) is 6.40. The minimum Gasteiger partial charge on any atom is -0.340 e. The van der Waals surface area contributed by atoms with Crippen LogP contribution in [0.3, 0.4) is 0 Å². The molecule has 0 radical (unpaired) electrons. The number of carbonyl (C=O) groups excluding carboxylic acids is 1. The minimum atomic E-state index is 0.132. The highest BCUT2D eigenvalue weighted by atomic mass is 16.2. The topological polar surface area (TPSA) is 61.9 Å². The van der Waals surface area contributed by atoms with Crippen molar-refractivity contribution in [3.8, 4) is 0 Å². The summed E-state index contributed by atoms with van der Waals surface area (Å²) >= 11 is 0. The number of nitrogens with zero attached hydrogens (tertiary/aromatic N) is 3. The smallest absolute Gasteiger partial charge is 0.256 e. The molecule has 110 valence electrons. The Morgan fingerprint density at radius 1 is 1.38 bits per heavy atom. The lowest BCUT2D eigenvalue weighted by atomic mass is 10.1. The van der Waals surface area contributed by atoms with E-state index in [1.54, 1.807) is 6.20 Å². The number of aryl methyl sites for hydroxylation is 1. The van der Waals surface area contributed by atoms with E-state index in [-0.39, 0.29) is 5.91 Å². The Balaban J connectivity index is 1.73. The zero-order valence-corrected chi connectivity index (χ0v) is 12.5. The lowest BCUT2D eigenvalue weighted by Crippen LogP contribution is -2.41. The second-order valence-electron chi connectivity index (χ2n) is 6.40. The van der Waals surface area contributed by atoms with Gasteiger partial charge in [-0.15, -0.1) is 0 Å². The maximum Gasteiger partial charge on any atom is 0.256 e. The van der Waals surface area contributed by atoms with E-state index in [9.17, 15) is 4.79 Å². The van der Waals surface area contributed by atoms with Crippen LogP contribution in [0, 0.1) is 12.8 Å². The van der Waals surface area contributed by atoms with Gasteiger partial charge >= 0.3 is 0 Å². The third-order valence-electron chi connectivity index (χ3n) is 4.66. The van der Waals surface area contributed by atoms with Gasteiger partial charge in [-0.2, -0.15) is 0 Å². The molecule has 21 heavy (non-hydrogen) atoms. The van der Waals surface area contributed by atoms with Crippen LogP contribution in [-0.4, -0.2) is 37.8 Å². The number of carbonyl (C=O) groups is 1. The van der Waals surface area contributed by atoms with E-state index in [0.29, 0.717) is 29.2 Å². The minimum absolute atomic E-state index is 0.132. The van der Waals surface area contributed by atoms with E-state index < -0.39 is 0 Å². The molecule has 2 aliphatic carbocycles. The van der Waals surface area contributed by atoms with E-state index in [1.807, 2.05) is 13.0 Å². The fraction of sp³-hybridized carbons (Fsp3) is 0.562.